The second kappa shape index (κ2) is 7.26. The predicted octanol–water partition coefficient (Wildman–Crippen LogP) is 1.21. The maximum atomic E-state index is 12.9. The van der Waals surface area contributed by atoms with Crippen LogP contribution in [0.2, 0.25) is 0 Å². The minimum atomic E-state index is -5.03. The number of hydrogen-bond acceptors (Lipinski definition) is 5. The highest BCUT2D eigenvalue weighted by Gasteiger charge is 2.35. The number of aromatic amines is 1. The molecule has 1 unspecified atom stereocenters. The van der Waals surface area contributed by atoms with Crippen molar-refractivity contribution in [3.05, 3.63) is 86.9 Å². The molecule has 0 bridgehead atoms. The Balaban J connectivity index is 2.28. The second-order valence-corrected chi connectivity index (χ2v) is 10.1. The summed E-state index contributed by atoms with van der Waals surface area (Å²) in [5.74, 6) is -1.81. The van der Waals surface area contributed by atoms with Gasteiger partial charge in [0.1, 0.15) is 0 Å². The summed E-state index contributed by atoms with van der Waals surface area (Å²) in [4.78, 5) is 47.7. The van der Waals surface area contributed by atoms with E-state index in [9.17, 15) is 32.4 Å². The zero-order valence-electron chi connectivity index (χ0n) is 15.7. The van der Waals surface area contributed by atoms with Crippen LogP contribution in [0.4, 0.5) is 0 Å². The third-order valence-corrected chi connectivity index (χ3v) is 7.00. The maximum absolute atomic E-state index is 12.9. The number of nitrogens with two attached hydrogens (primary N) is 1. The summed E-state index contributed by atoms with van der Waals surface area (Å²) in [6, 6.07) is 14.4. The van der Waals surface area contributed by atoms with E-state index in [1.807, 2.05) is 0 Å². The van der Waals surface area contributed by atoms with Gasteiger partial charge in [0, 0.05) is 10.8 Å². The molecule has 160 valence electrons. The van der Waals surface area contributed by atoms with Crippen LogP contribution in [0.15, 0.2) is 75.1 Å². The van der Waals surface area contributed by atoms with E-state index in [1.165, 1.54) is 54.6 Å². The number of benzene rings is 3. The minimum Gasteiger partial charge on any atom is -0.323 e. The molecule has 3 aromatic carbocycles. The SMILES string of the molecule is NS(=O)(=O)c1cccc2c1ccc1[nH]c(=O)c(=O)n(C(c3ccccc3)P(=O)(O)O)c12. The minimum absolute atomic E-state index is 0.0372. The third kappa shape index (κ3) is 3.62. The van der Waals surface area contributed by atoms with Gasteiger partial charge < -0.3 is 14.8 Å². The first kappa shape index (κ1) is 21.2. The predicted molar refractivity (Wildman–Crippen MR) is 114 cm³/mol. The number of rotatable bonds is 4. The van der Waals surface area contributed by atoms with Crippen LogP contribution in [-0.2, 0) is 14.6 Å². The molecule has 4 aromatic rings. The van der Waals surface area contributed by atoms with Gasteiger partial charge in [-0.05, 0) is 17.7 Å². The van der Waals surface area contributed by atoms with E-state index in [-0.39, 0.29) is 32.3 Å². The average Bonchev–Trinajstić information content (AvgIpc) is 2.69. The van der Waals surface area contributed by atoms with E-state index >= 15 is 0 Å². The number of primary sulfonamides is 1. The van der Waals surface area contributed by atoms with Crippen molar-refractivity contribution < 1.29 is 22.8 Å². The third-order valence-electron chi connectivity index (χ3n) is 4.86. The van der Waals surface area contributed by atoms with Crippen LogP contribution in [0.25, 0.3) is 21.8 Å². The van der Waals surface area contributed by atoms with Crippen molar-refractivity contribution in [3.63, 3.8) is 0 Å². The molecule has 4 rings (SSSR count). The van der Waals surface area contributed by atoms with Gasteiger partial charge in [-0.15, -0.1) is 0 Å². The first-order chi connectivity index (χ1) is 14.5. The highest BCUT2D eigenvalue weighted by molar-refractivity contribution is 7.89. The topological polar surface area (TPSA) is 173 Å². The Hall–Kier alpha value is -3.08. The van der Waals surface area contributed by atoms with Gasteiger partial charge in [-0.2, -0.15) is 0 Å². The molecule has 0 spiro atoms. The van der Waals surface area contributed by atoms with Crippen LogP contribution < -0.4 is 16.3 Å². The van der Waals surface area contributed by atoms with Crippen molar-refractivity contribution in [3.8, 4) is 0 Å². The number of sulfonamides is 1. The monoisotopic (exact) mass is 461 g/mol. The summed E-state index contributed by atoms with van der Waals surface area (Å²) in [6.45, 7) is 0. The molecule has 0 aliphatic heterocycles. The lowest BCUT2D eigenvalue weighted by atomic mass is 10.1. The number of fused-ring (bicyclic) bond motifs is 3. The quantitative estimate of drug-likeness (QED) is 0.201. The van der Waals surface area contributed by atoms with Gasteiger partial charge >= 0.3 is 18.7 Å². The molecule has 1 aromatic heterocycles. The Morgan fingerprint density at radius 3 is 2.23 bits per heavy atom. The van der Waals surface area contributed by atoms with Crippen LogP contribution in [0.1, 0.15) is 11.3 Å². The van der Waals surface area contributed by atoms with E-state index in [0.29, 0.717) is 0 Å². The highest BCUT2D eigenvalue weighted by atomic mass is 32.2. The fraction of sp³-hybridized carbons (Fsp3) is 0.0526. The Kier molecular flexibility index (Phi) is 4.95. The molecule has 0 aliphatic rings. The van der Waals surface area contributed by atoms with Crippen molar-refractivity contribution >= 4 is 39.4 Å². The van der Waals surface area contributed by atoms with Crippen LogP contribution in [0.5, 0.6) is 0 Å². The van der Waals surface area contributed by atoms with E-state index in [4.69, 9.17) is 5.14 Å². The van der Waals surface area contributed by atoms with E-state index in [2.05, 4.69) is 4.98 Å². The average molecular weight is 461 g/mol. The van der Waals surface area contributed by atoms with Gasteiger partial charge in [0.2, 0.25) is 10.0 Å². The van der Waals surface area contributed by atoms with Crippen molar-refractivity contribution in [2.45, 2.75) is 10.7 Å². The summed E-state index contributed by atoms with van der Waals surface area (Å²) in [5.41, 5.74) is -2.12. The van der Waals surface area contributed by atoms with Crippen LogP contribution in [0.3, 0.4) is 0 Å². The summed E-state index contributed by atoms with van der Waals surface area (Å²) in [5, 5.41) is 5.61. The molecule has 0 radical (unpaired) electrons. The second-order valence-electron chi connectivity index (χ2n) is 6.86. The molecule has 0 fully saturated rings. The van der Waals surface area contributed by atoms with E-state index < -0.39 is 34.5 Å². The molecule has 0 aliphatic carbocycles. The molecular weight excluding hydrogens is 445 g/mol. The van der Waals surface area contributed by atoms with Gasteiger partial charge in [0.05, 0.1) is 15.9 Å². The highest BCUT2D eigenvalue weighted by Crippen LogP contribution is 2.52. The van der Waals surface area contributed by atoms with Gasteiger partial charge in [-0.25, -0.2) is 13.6 Å². The summed E-state index contributed by atoms with van der Waals surface area (Å²) in [7, 11) is -9.17. The van der Waals surface area contributed by atoms with Crippen molar-refractivity contribution in [2.75, 3.05) is 0 Å². The Bertz CT molecular complexity index is 1610. The summed E-state index contributed by atoms with van der Waals surface area (Å²) < 4.78 is 37.3. The molecule has 0 saturated carbocycles. The molecule has 31 heavy (non-hydrogen) atoms. The van der Waals surface area contributed by atoms with Crippen LogP contribution in [0, 0.1) is 0 Å². The lowest BCUT2D eigenvalue weighted by Gasteiger charge is -2.23. The summed E-state index contributed by atoms with van der Waals surface area (Å²) >= 11 is 0. The molecule has 0 saturated heterocycles. The zero-order valence-corrected chi connectivity index (χ0v) is 17.4. The smallest absolute Gasteiger partial charge is 0.323 e. The fourth-order valence-electron chi connectivity index (χ4n) is 3.66. The van der Waals surface area contributed by atoms with Crippen LogP contribution >= 0.6 is 7.60 Å². The Morgan fingerprint density at radius 1 is 0.935 bits per heavy atom. The molecule has 12 heteroatoms. The number of aromatic nitrogens is 2. The molecule has 10 nitrogen and oxygen atoms in total. The first-order valence-electron chi connectivity index (χ1n) is 8.83. The molecule has 0 amide bonds. The molecule has 1 heterocycles. The first-order valence-corrected chi connectivity index (χ1v) is 12.1. The number of H-pyrrole nitrogens is 1. The number of hydrogen-bond donors (Lipinski definition) is 4. The number of nitrogens with zero attached hydrogens (tertiary/aromatic N) is 1. The van der Waals surface area contributed by atoms with Gasteiger partial charge in [0.15, 0.2) is 5.78 Å². The van der Waals surface area contributed by atoms with E-state index in [1.54, 1.807) is 6.07 Å². The largest absolute Gasteiger partial charge is 0.352 e. The fourth-order valence-corrected chi connectivity index (χ4v) is 5.50. The molecular formula is C19H16N3O7PS. The Morgan fingerprint density at radius 2 is 1.61 bits per heavy atom. The molecule has 1 atom stereocenters. The lowest BCUT2D eigenvalue weighted by molar-refractivity contribution is 0.351. The Labute approximate surface area is 174 Å². The van der Waals surface area contributed by atoms with Gasteiger partial charge in [-0.3, -0.25) is 18.7 Å². The van der Waals surface area contributed by atoms with Gasteiger partial charge in [-0.1, -0.05) is 48.5 Å². The van der Waals surface area contributed by atoms with Gasteiger partial charge in [0.25, 0.3) is 0 Å². The molecule has 5 N–H and O–H groups in total. The number of nitrogens with one attached hydrogen (secondary N) is 1. The maximum Gasteiger partial charge on any atom is 0.352 e. The normalized spacial score (nSPS) is 13.5. The van der Waals surface area contributed by atoms with Crippen molar-refractivity contribution in [1.82, 2.24) is 9.55 Å². The van der Waals surface area contributed by atoms with Crippen molar-refractivity contribution in [2.24, 2.45) is 5.14 Å². The van der Waals surface area contributed by atoms with Crippen molar-refractivity contribution in [1.29, 1.82) is 0 Å². The standard InChI is InChI=1S/C19H16N3O7PS/c20-31(28,29)15-8-4-7-13-12(15)9-10-14-16(13)22(18(24)17(23)21-14)19(30(25,26)27)11-5-2-1-3-6-11/h1-10,19H,(H,21,23)(H2,20,28,29)(H2,25,26,27). The van der Waals surface area contributed by atoms with Crippen LogP contribution in [-0.4, -0.2) is 27.8 Å². The zero-order chi connectivity index (χ0) is 22.6. The summed E-state index contributed by atoms with van der Waals surface area (Å²) in [6.07, 6.45) is 0. The van der Waals surface area contributed by atoms with E-state index in [0.717, 1.165) is 4.57 Å². The lowest BCUT2D eigenvalue weighted by Crippen LogP contribution is -2.38.